The molecule has 0 aromatic rings. The lowest BCUT2D eigenvalue weighted by molar-refractivity contribution is -0.141. The zero-order chi connectivity index (χ0) is 36.3. The molecule has 268 valence electrons. The molecular weight excluding hydrogens is 656 g/mol. The van der Waals surface area contributed by atoms with Crippen LogP contribution in [0.4, 0.5) is 0 Å². The Morgan fingerprint density at radius 3 is 1.83 bits per heavy atom. The van der Waals surface area contributed by atoms with Crippen LogP contribution < -0.4 is 49.1 Å². The summed E-state index contributed by atoms with van der Waals surface area (Å²) in [5.74, 6) is -6.17. The Kier molecular flexibility index (Phi) is 20.9. The number of amides is 6. The summed E-state index contributed by atoms with van der Waals surface area (Å²) < 4.78 is 0. The molecule has 13 N–H and O–H groups in total. The van der Waals surface area contributed by atoms with Gasteiger partial charge in [-0.2, -0.15) is 25.3 Å². The number of guanidine groups is 1. The van der Waals surface area contributed by atoms with Crippen molar-refractivity contribution in [3.05, 3.63) is 0 Å². The summed E-state index contributed by atoms with van der Waals surface area (Å²) in [6, 6.07) is -5.48. The van der Waals surface area contributed by atoms with Gasteiger partial charge in [0.1, 0.15) is 24.2 Å². The third-order valence-corrected chi connectivity index (χ3v) is 7.14. The molecule has 47 heavy (non-hydrogen) atoms. The van der Waals surface area contributed by atoms with Crippen molar-refractivity contribution in [2.24, 2.45) is 34.0 Å². The second-order valence-electron chi connectivity index (χ2n) is 11.4. The van der Waals surface area contributed by atoms with Gasteiger partial charge >= 0.3 is 5.97 Å². The molecule has 6 amide bonds. The topological polar surface area (TPSA) is 302 Å². The minimum Gasteiger partial charge on any atom is -0.480 e. The molecule has 0 heterocycles. The average molecular weight is 707 g/mol. The highest BCUT2D eigenvalue weighted by Gasteiger charge is 2.32. The molecule has 0 bridgehead atoms. The maximum absolute atomic E-state index is 13.5. The molecule has 0 radical (unpaired) electrons. The van der Waals surface area contributed by atoms with E-state index in [4.69, 9.17) is 22.3 Å². The van der Waals surface area contributed by atoms with Gasteiger partial charge in [0, 0.05) is 18.1 Å². The van der Waals surface area contributed by atoms with Crippen LogP contribution in [0.25, 0.3) is 0 Å². The van der Waals surface area contributed by atoms with Crippen molar-refractivity contribution in [3.8, 4) is 0 Å². The first kappa shape index (κ1) is 43.2. The van der Waals surface area contributed by atoms with Crippen molar-refractivity contribution in [3.63, 3.8) is 0 Å². The lowest BCUT2D eigenvalue weighted by atomic mass is 9.99. The molecule has 0 saturated carbocycles. The number of carboxylic acids is 1. The SMILES string of the molecule is CC(C)C[C@H](NC(=O)[C@@H](NC(=O)[C@@H](N)CS)C(C)C)C(=O)N[C@@H](CCCN=C(N)N)C(=O)NCC(=O)NCC(=O)N[C@@H](CS)C(=O)O. The van der Waals surface area contributed by atoms with Gasteiger partial charge in [0.25, 0.3) is 0 Å². The molecule has 0 unspecified atom stereocenters. The first-order valence-corrected chi connectivity index (χ1v) is 16.2. The molecular formula is C27H50N10O8S2. The average Bonchev–Trinajstić information content (AvgIpc) is 2.99. The van der Waals surface area contributed by atoms with E-state index in [0.717, 1.165) is 0 Å². The van der Waals surface area contributed by atoms with Crippen LogP contribution in [-0.2, 0) is 33.6 Å². The Morgan fingerprint density at radius 1 is 0.723 bits per heavy atom. The fourth-order valence-electron chi connectivity index (χ4n) is 3.85. The highest BCUT2D eigenvalue weighted by molar-refractivity contribution is 7.80. The van der Waals surface area contributed by atoms with E-state index in [1.54, 1.807) is 13.8 Å². The molecule has 0 aliphatic rings. The standard InChI is InChI=1S/C27H50N10O8S2/c1-13(2)8-17(36-25(43)21(14(3)4)37-22(40)15(28)11-46)24(42)35-16(6-5-7-31-27(29)30)23(41)33-9-19(38)32-10-20(39)34-18(12-47)26(44)45/h13-18,21,46-47H,5-12,28H2,1-4H3,(H,32,38)(H,33,41)(H,34,39)(H,35,42)(H,36,43)(H,37,40)(H,44,45)(H4,29,30,31)/t15-,16-,17-,18-,21-/m0/s1. The molecule has 0 aromatic heterocycles. The molecule has 0 aliphatic heterocycles. The van der Waals surface area contributed by atoms with Crippen molar-refractivity contribution in [1.29, 1.82) is 0 Å². The summed E-state index contributed by atoms with van der Waals surface area (Å²) in [4.78, 5) is 91.2. The first-order chi connectivity index (χ1) is 21.9. The van der Waals surface area contributed by atoms with Crippen LogP contribution in [0.1, 0.15) is 47.0 Å². The molecule has 0 fully saturated rings. The van der Waals surface area contributed by atoms with Gasteiger partial charge in [-0.3, -0.25) is 33.8 Å². The Bertz CT molecular complexity index is 1120. The third-order valence-electron chi connectivity index (χ3n) is 6.38. The van der Waals surface area contributed by atoms with Crippen molar-refractivity contribution in [2.45, 2.75) is 77.2 Å². The van der Waals surface area contributed by atoms with Crippen LogP contribution in [-0.4, -0.2) is 114 Å². The normalized spacial score (nSPS) is 14.1. The maximum Gasteiger partial charge on any atom is 0.327 e. The first-order valence-electron chi connectivity index (χ1n) is 14.9. The number of nitrogens with two attached hydrogens (primary N) is 3. The molecule has 0 spiro atoms. The van der Waals surface area contributed by atoms with E-state index in [9.17, 15) is 33.6 Å². The number of carboxylic acid groups (broad SMARTS) is 1. The highest BCUT2D eigenvalue weighted by Crippen LogP contribution is 2.10. The van der Waals surface area contributed by atoms with Crippen LogP contribution in [0.5, 0.6) is 0 Å². The largest absolute Gasteiger partial charge is 0.480 e. The molecule has 0 aromatic carbocycles. The molecule has 20 heteroatoms. The number of aliphatic carboxylic acids is 1. The van der Waals surface area contributed by atoms with Gasteiger partial charge in [0.15, 0.2) is 5.96 Å². The maximum atomic E-state index is 13.5. The van der Waals surface area contributed by atoms with Crippen molar-refractivity contribution in [2.75, 3.05) is 31.1 Å². The smallest absolute Gasteiger partial charge is 0.327 e. The Hall–Kier alpha value is -3.78. The molecule has 18 nitrogen and oxygen atoms in total. The predicted octanol–water partition coefficient (Wildman–Crippen LogP) is -3.81. The number of aliphatic imine (C=N–C) groups is 1. The zero-order valence-corrected chi connectivity index (χ0v) is 28.9. The number of nitrogens with one attached hydrogen (secondary N) is 6. The van der Waals surface area contributed by atoms with Gasteiger partial charge in [-0.15, -0.1) is 0 Å². The Morgan fingerprint density at radius 2 is 1.32 bits per heavy atom. The predicted molar refractivity (Wildman–Crippen MR) is 181 cm³/mol. The number of rotatable bonds is 22. The van der Waals surface area contributed by atoms with Gasteiger partial charge < -0.3 is 54.2 Å². The van der Waals surface area contributed by atoms with Crippen molar-refractivity contribution < 1.29 is 38.7 Å². The second kappa shape index (κ2) is 22.7. The van der Waals surface area contributed by atoms with Crippen LogP contribution >= 0.6 is 25.3 Å². The fourth-order valence-corrected chi connectivity index (χ4v) is 4.26. The van der Waals surface area contributed by atoms with Crippen LogP contribution in [0, 0.1) is 11.8 Å². The number of hydrogen-bond acceptors (Lipinski definition) is 11. The van der Waals surface area contributed by atoms with E-state index in [-0.39, 0.29) is 55.1 Å². The summed E-state index contributed by atoms with van der Waals surface area (Å²) in [5, 5.41) is 23.7. The molecule has 0 saturated heterocycles. The fraction of sp³-hybridized carbons (Fsp3) is 0.704. The van der Waals surface area contributed by atoms with E-state index in [2.05, 4.69) is 62.2 Å². The Balaban J connectivity index is 5.65. The van der Waals surface area contributed by atoms with E-state index < -0.39 is 84.7 Å². The van der Waals surface area contributed by atoms with E-state index >= 15 is 0 Å². The molecule has 0 aliphatic carbocycles. The highest BCUT2D eigenvalue weighted by atomic mass is 32.1. The van der Waals surface area contributed by atoms with Gasteiger partial charge in [0.05, 0.1) is 19.1 Å². The summed E-state index contributed by atoms with van der Waals surface area (Å²) in [6.45, 7) is 6.09. The molecule has 0 rings (SSSR count). The van der Waals surface area contributed by atoms with E-state index in [1.807, 2.05) is 13.8 Å². The van der Waals surface area contributed by atoms with Gasteiger partial charge in [-0.25, -0.2) is 4.79 Å². The van der Waals surface area contributed by atoms with E-state index in [0.29, 0.717) is 0 Å². The summed E-state index contributed by atoms with van der Waals surface area (Å²) in [7, 11) is 0. The summed E-state index contributed by atoms with van der Waals surface area (Å²) in [5.41, 5.74) is 16.4. The van der Waals surface area contributed by atoms with Crippen LogP contribution in [0.15, 0.2) is 4.99 Å². The van der Waals surface area contributed by atoms with Gasteiger partial charge in [-0.1, -0.05) is 27.7 Å². The van der Waals surface area contributed by atoms with E-state index in [1.165, 1.54) is 0 Å². The van der Waals surface area contributed by atoms with Crippen molar-refractivity contribution in [1.82, 2.24) is 31.9 Å². The van der Waals surface area contributed by atoms with Gasteiger partial charge in [0.2, 0.25) is 35.4 Å². The van der Waals surface area contributed by atoms with Crippen molar-refractivity contribution >= 4 is 72.6 Å². The minimum atomic E-state index is -1.30. The van der Waals surface area contributed by atoms with Crippen LogP contribution in [0.2, 0.25) is 0 Å². The minimum absolute atomic E-state index is 0.0489. The van der Waals surface area contributed by atoms with Gasteiger partial charge in [-0.05, 0) is 31.1 Å². The molecule has 5 atom stereocenters. The quantitative estimate of drug-likeness (QED) is 0.0224. The number of thiol groups is 2. The lowest BCUT2D eigenvalue weighted by Crippen LogP contribution is -2.59. The number of carbonyl (C=O) groups is 7. The monoisotopic (exact) mass is 706 g/mol. The summed E-state index contributed by atoms with van der Waals surface area (Å²) >= 11 is 7.84. The number of nitrogens with zero attached hydrogens (tertiary/aromatic N) is 1. The lowest BCUT2D eigenvalue weighted by Gasteiger charge is -2.28. The zero-order valence-electron chi connectivity index (χ0n) is 27.1. The number of carbonyl (C=O) groups excluding carboxylic acids is 6. The Labute approximate surface area is 285 Å². The summed E-state index contributed by atoms with van der Waals surface area (Å²) in [6.07, 6.45) is 0.495. The van der Waals surface area contributed by atoms with Crippen LogP contribution in [0.3, 0.4) is 0 Å². The second-order valence-corrected chi connectivity index (χ2v) is 12.1. The number of hydrogen-bond donors (Lipinski definition) is 12. The third kappa shape index (κ3) is 18.2.